The Morgan fingerprint density at radius 3 is 2.64 bits per heavy atom. The van der Waals surface area contributed by atoms with Crippen molar-refractivity contribution in [2.45, 2.75) is 65.5 Å². The molecule has 1 atom stereocenters. The Labute approximate surface area is 214 Å². The van der Waals surface area contributed by atoms with Crippen LogP contribution in [0.25, 0.3) is 5.65 Å². The molecule has 2 heterocycles. The molecule has 2 aromatic heterocycles. The van der Waals surface area contributed by atoms with Crippen molar-refractivity contribution in [3.8, 4) is 0 Å². The summed E-state index contributed by atoms with van der Waals surface area (Å²) in [7, 11) is 3.79. The average molecular weight is 574 g/mol. The number of rotatable bonds is 9. The number of halogens is 1. The third-order valence-electron chi connectivity index (χ3n) is 5.10. The lowest BCUT2D eigenvalue weighted by Gasteiger charge is -2.28. The molecule has 2 rings (SSSR count). The molecule has 0 saturated carbocycles. The van der Waals surface area contributed by atoms with Crippen LogP contribution in [0.3, 0.4) is 0 Å². The highest BCUT2D eigenvalue weighted by molar-refractivity contribution is 14.0. The molecule has 9 nitrogen and oxygen atoms in total. The van der Waals surface area contributed by atoms with Crippen LogP contribution in [0.15, 0.2) is 29.4 Å². The van der Waals surface area contributed by atoms with Crippen molar-refractivity contribution < 1.29 is 9.53 Å². The van der Waals surface area contributed by atoms with Gasteiger partial charge in [-0.3, -0.25) is 9.39 Å². The van der Waals surface area contributed by atoms with Crippen LogP contribution in [-0.2, 0) is 11.2 Å². The first-order valence-electron chi connectivity index (χ1n) is 11.3. The minimum absolute atomic E-state index is 0. The van der Waals surface area contributed by atoms with E-state index in [4.69, 9.17) is 4.74 Å². The van der Waals surface area contributed by atoms with Gasteiger partial charge in [0.1, 0.15) is 11.4 Å². The smallest absolute Gasteiger partial charge is 0.407 e. The van der Waals surface area contributed by atoms with Crippen LogP contribution >= 0.6 is 24.0 Å². The maximum atomic E-state index is 12.2. The number of pyridine rings is 1. The molecule has 33 heavy (non-hydrogen) atoms. The van der Waals surface area contributed by atoms with E-state index in [0.717, 1.165) is 49.8 Å². The number of aromatic nitrogens is 3. The quantitative estimate of drug-likeness (QED) is 0.206. The highest BCUT2D eigenvalue weighted by Gasteiger charge is 2.22. The van der Waals surface area contributed by atoms with Gasteiger partial charge in [-0.25, -0.2) is 4.79 Å². The number of guanidine groups is 1. The van der Waals surface area contributed by atoms with E-state index >= 15 is 0 Å². The maximum Gasteiger partial charge on any atom is 0.407 e. The highest BCUT2D eigenvalue weighted by Crippen LogP contribution is 2.11. The molecular weight excluding hydrogens is 533 g/mol. The van der Waals surface area contributed by atoms with Crippen LogP contribution in [0, 0.1) is 5.92 Å². The normalized spacial score (nSPS) is 12.9. The van der Waals surface area contributed by atoms with Crippen molar-refractivity contribution in [3.63, 3.8) is 0 Å². The van der Waals surface area contributed by atoms with Crippen molar-refractivity contribution in [1.29, 1.82) is 0 Å². The Bertz CT molecular complexity index is 892. The van der Waals surface area contributed by atoms with E-state index in [1.54, 1.807) is 7.05 Å². The van der Waals surface area contributed by atoms with Gasteiger partial charge in [-0.05, 0) is 51.7 Å². The second-order valence-corrected chi connectivity index (χ2v) is 9.33. The number of fused-ring (bicyclic) bond motifs is 1. The summed E-state index contributed by atoms with van der Waals surface area (Å²) in [5.41, 5.74) is 0.360. The van der Waals surface area contributed by atoms with Crippen LogP contribution in [0.1, 0.15) is 53.3 Å². The highest BCUT2D eigenvalue weighted by atomic mass is 127. The van der Waals surface area contributed by atoms with E-state index in [0.29, 0.717) is 5.92 Å². The van der Waals surface area contributed by atoms with Gasteiger partial charge in [0.2, 0.25) is 0 Å². The van der Waals surface area contributed by atoms with Gasteiger partial charge in [-0.1, -0.05) is 19.9 Å². The van der Waals surface area contributed by atoms with Crippen molar-refractivity contribution >= 4 is 41.7 Å². The summed E-state index contributed by atoms with van der Waals surface area (Å²) in [6.45, 7) is 11.3. The van der Waals surface area contributed by atoms with Gasteiger partial charge in [0.05, 0.1) is 0 Å². The fourth-order valence-corrected chi connectivity index (χ4v) is 3.36. The summed E-state index contributed by atoms with van der Waals surface area (Å²) in [4.78, 5) is 18.6. The molecule has 186 valence electrons. The summed E-state index contributed by atoms with van der Waals surface area (Å²) < 4.78 is 7.42. The molecule has 0 spiro atoms. The largest absolute Gasteiger partial charge is 0.444 e. The van der Waals surface area contributed by atoms with Crippen molar-refractivity contribution in [3.05, 3.63) is 30.2 Å². The van der Waals surface area contributed by atoms with Crippen LogP contribution in [0.5, 0.6) is 0 Å². The third kappa shape index (κ3) is 9.73. The van der Waals surface area contributed by atoms with Gasteiger partial charge in [0, 0.05) is 45.8 Å². The summed E-state index contributed by atoms with van der Waals surface area (Å²) in [6.07, 6.45) is 4.15. The molecule has 0 bridgehead atoms. The third-order valence-corrected chi connectivity index (χ3v) is 5.10. The van der Waals surface area contributed by atoms with Crippen LogP contribution in [0.2, 0.25) is 0 Å². The topological polar surface area (TPSA) is 96.1 Å². The number of alkyl carbamates (subject to hydrolysis) is 1. The zero-order valence-electron chi connectivity index (χ0n) is 21.0. The molecule has 1 unspecified atom stereocenters. The lowest BCUT2D eigenvalue weighted by atomic mass is 10.0. The molecule has 10 heteroatoms. The maximum absolute atomic E-state index is 12.2. The number of aryl methyl sites for hydroxylation is 1. The predicted molar refractivity (Wildman–Crippen MR) is 143 cm³/mol. The molecule has 0 saturated heterocycles. The summed E-state index contributed by atoms with van der Waals surface area (Å²) in [5, 5.41) is 14.9. The Kier molecular flexibility index (Phi) is 11.9. The standard InChI is InChI=1S/C23H39N7O2.HI/c1-17(2)18(26-22(31)32-23(3,4)5)13-16-29(7)21(24-6)25-14-10-12-20-28-27-19-11-8-9-15-30(19)20;/h8-9,11,15,17-18H,10,12-14,16H2,1-7H3,(H,24,25)(H,26,31);1H. The molecule has 2 aromatic rings. The molecule has 0 aliphatic heterocycles. The lowest BCUT2D eigenvalue weighted by Crippen LogP contribution is -2.45. The molecule has 0 aliphatic carbocycles. The van der Waals surface area contributed by atoms with Gasteiger partial charge >= 0.3 is 6.09 Å². The number of carbonyl (C=O) groups is 1. The van der Waals surface area contributed by atoms with Gasteiger partial charge in [0.25, 0.3) is 0 Å². The fraction of sp³-hybridized carbons (Fsp3) is 0.652. The first-order chi connectivity index (χ1) is 15.1. The number of hydrogen-bond acceptors (Lipinski definition) is 5. The van der Waals surface area contributed by atoms with Crippen molar-refractivity contribution in [2.24, 2.45) is 10.9 Å². The zero-order chi connectivity index (χ0) is 23.7. The number of nitrogens with one attached hydrogen (secondary N) is 2. The van der Waals surface area contributed by atoms with Gasteiger partial charge < -0.3 is 20.3 Å². The molecule has 0 aromatic carbocycles. The molecule has 2 N–H and O–H groups in total. The SMILES string of the molecule is CN=C(NCCCc1nnc2ccccn12)N(C)CCC(NC(=O)OC(C)(C)C)C(C)C.I. The Morgan fingerprint density at radius 2 is 2.00 bits per heavy atom. The molecule has 0 radical (unpaired) electrons. The number of nitrogens with zero attached hydrogens (tertiary/aromatic N) is 5. The van der Waals surface area contributed by atoms with E-state index in [9.17, 15) is 4.79 Å². The Morgan fingerprint density at radius 1 is 1.27 bits per heavy atom. The van der Waals surface area contributed by atoms with Crippen molar-refractivity contribution in [2.75, 3.05) is 27.2 Å². The van der Waals surface area contributed by atoms with Crippen molar-refractivity contribution in [1.82, 2.24) is 30.1 Å². The Hall–Kier alpha value is -2.11. The summed E-state index contributed by atoms with van der Waals surface area (Å²) >= 11 is 0. The van der Waals surface area contributed by atoms with E-state index in [1.807, 2.05) is 56.6 Å². The summed E-state index contributed by atoms with van der Waals surface area (Å²) in [6, 6.07) is 5.92. The average Bonchev–Trinajstić information content (AvgIpc) is 3.12. The second-order valence-electron chi connectivity index (χ2n) is 9.33. The number of aliphatic imine (C=N–C) groups is 1. The second kappa shape index (κ2) is 13.6. The van der Waals surface area contributed by atoms with Crippen LogP contribution < -0.4 is 10.6 Å². The van der Waals surface area contributed by atoms with E-state index in [2.05, 4.69) is 44.6 Å². The first-order valence-corrected chi connectivity index (χ1v) is 11.3. The fourth-order valence-electron chi connectivity index (χ4n) is 3.36. The molecule has 1 amide bonds. The molecule has 0 fully saturated rings. The van der Waals surface area contributed by atoms with E-state index < -0.39 is 5.60 Å². The van der Waals surface area contributed by atoms with Gasteiger partial charge in [0.15, 0.2) is 11.6 Å². The number of ether oxygens (including phenoxy) is 1. The van der Waals surface area contributed by atoms with E-state index in [1.165, 1.54) is 0 Å². The predicted octanol–water partition coefficient (Wildman–Crippen LogP) is 3.73. The zero-order valence-corrected chi connectivity index (χ0v) is 23.3. The molecular formula is C23H40IN7O2. The monoisotopic (exact) mass is 573 g/mol. The Balaban J connectivity index is 0.00000544. The number of amides is 1. The first kappa shape index (κ1) is 28.9. The summed E-state index contributed by atoms with van der Waals surface area (Å²) in [5.74, 6) is 2.08. The van der Waals surface area contributed by atoms with Crippen LogP contribution in [-0.4, -0.2) is 70.4 Å². The number of carbonyl (C=O) groups excluding carboxylic acids is 1. The van der Waals surface area contributed by atoms with Gasteiger partial charge in [-0.2, -0.15) is 0 Å². The minimum Gasteiger partial charge on any atom is -0.444 e. The lowest BCUT2D eigenvalue weighted by molar-refractivity contribution is 0.0486. The molecule has 0 aliphatic rings. The van der Waals surface area contributed by atoms with E-state index in [-0.39, 0.29) is 36.1 Å². The van der Waals surface area contributed by atoms with Gasteiger partial charge in [-0.15, -0.1) is 34.2 Å². The number of hydrogen-bond donors (Lipinski definition) is 2. The van der Waals surface area contributed by atoms with Crippen LogP contribution in [0.4, 0.5) is 4.79 Å². The minimum atomic E-state index is -0.507.